The smallest absolute Gasteiger partial charge is 0.263 e. The molecular weight excluding hydrogens is 320 g/mol. The van der Waals surface area contributed by atoms with Crippen LogP contribution in [0.3, 0.4) is 0 Å². The first-order valence-corrected chi connectivity index (χ1v) is 9.44. The highest BCUT2D eigenvalue weighted by atomic mass is 32.1. The lowest BCUT2D eigenvalue weighted by molar-refractivity contribution is 0.0265. The van der Waals surface area contributed by atoms with Gasteiger partial charge in [-0.1, -0.05) is 18.6 Å². The largest absolute Gasteiger partial charge is 0.376 e. The van der Waals surface area contributed by atoms with Gasteiger partial charge in [0.25, 0.3) is 5.91 Å². The Morgan fingerprint density at radius 1 is 1.42 bits per heavy atom. The van der Waals surface area contributed by atoms with Crippen LogP contribution in [0.15, 0.2) is 42.0 Å². The van der Waals surface area contributed by atoms with Crippen LogP contribution in [0.1, 0.15) is 34.5 Å². The second-order valence-electron chi connectivity index (χ2n) is 6.97. The molecule has 2 atom stereocenters. The standard InChI is InChI=1S/C19H22N2O2S/c22-18(17-6-3-9-24-17)21-11-16-5-1-7-19(16,13-21)14-23-12-15-4-2-8-20-10-15/h2-4,6,8-10,16H,1,5,7,11-14H2/t16-,19+/m0/s1. The van der Waals surface area contributed by atoms with Crippen molar-refractivity contribution in [2.45, 2.75) is 25.9 Å². The number of ether oxygens (including phenoxy) is 1. The normalized spacial score (nSPS) is 25.8. The van der Waals surface area contributed by atoms with E-state index >= 15 is 0 Å². The van der Waals surface area contributed by atoms with Crippen molar-refractivity contribution < 1.29 is 9.53 Å². The average molecular weight is 342 g/mol. The highest BCUT2D eigenvalue weighted by Gasteiger charge is 2.50. The molecule has 1 aliphatic heterocycles. The minimum Gasteiger partial charge on any atom is -0.376 e. The second kappa shape index (κ2) is 6.65. The quantitative estimate of drug-likeness (QED) is 0.834. The Morgan fingerprint density at radius 2 is 2.38 bits per heavy atom. The lowest BCUT2D eigenvalue weighted by Crippen LogP contribution is -2.34. The fourth-order valence-corrected chi connectivity index (χ4v) is 4.91. The van der Waals surface area contributed by atoms with Gasteiger partial charge in [0.2, 0.25) is 0 Å². The minimum absolute atomic E-state index is 0.148. The number of rotatable bonds is 5. The summed E-state index contributed by atoms with van der Waals surface area (Å²) in [4.78, 5) is 19.7. The van der Waals surface area contributed by atoms with Gasteiger partial charge in [0.15, 0.2) is 0 Å². The Kier molecular flexibility index (Phi) is 4.37. The summed E-state index contributed by atoms with van der Waals surface area (Å²) in [6.45, 7) is 3.05. The summed E-state index contributed by atoms with van der Waals surface area (Å²) in [5, 5.41) is 1.97. The van der Waals surface area contributed by atoms with Crippen LogP contribution in [0.5, 0.6) is 0 Å². The summed E-state index contributed by atoms with van der Waals surface area (Å²) >= 11 is 1.53. The number of carbonyl (C=O) groups is 1. The summed E-state index contributed by atoms with van der Waals surface area (Å²) in [5.74, 6) is 0.765. The first-order chi connectivity index (χ1) is 11.8. The number of pyridine rings is 1. The van der Waals surface area contributed by atoms with Crippen molar-refractivity contribution in [1.29, 1.82) is 0 Å². The zero-order valence-electron chi connectivity index (χ0n) is 13.7. The summed E-state index contributed by atoms with van der Waals surface area (Å²) in [5.41, 5.74) is 1.25. The van der Waals surface area contributed by atoms with E-state index in [1.54, 1.807) is 6.20 Å². The van der Waals surface area contributed by atoms with Gasteiger partial charge < -0.3 is 9.64 Å². The molecule has 24 heavy (non-hydrogen) atoms. The third-order valence-electron chi connectivity index (χ3n) is 5.44. The second-order valence-corrected chi connectivity index (χ2v) is 7.92. The van der Waals surface area contributed by atoms with E-state index < -0.39 is 0 Å². The lowest BCUT2D eigenvalue weighted by Gasteiger charge is -2.28. The Labute approximate surface area is 146 Å². The Hall–Kier alpha value is -1.72. The topological polar surface area (TPSA) is 42.4 Å². The van der Waals surface area contributed by atoms with Crippen LogP contribution in [0, 0.1) is 11.3 Å². The Balaban J connectivity index is 1.40. The number of hydrogen-bond acceptors (Lipinski definition) is 4. The maximum Gasteiger partial charge on any atom is 0.263 e. The number of fused-ring (bicyclic) bond motifs is 1. The number of nitrogens with zero attached hydrogens (tertiary/aromatic N) is 2. The Morgan fingerprint density at radius 3 is 3.17 bits per heavy atom. The molecule has 1 amide bonds. The van der Waals surface area contributed by atoms with Gasteiger partial charge in [0.05, 0.1) is 18.1 Å². The SMILES string of the molecule is O=C(c1cccs1)N1C[C@@H]2CCC[C@]2(COCc2cccnc2)C1. The number of likely N-dealkylation sites (tertiary alicyclic amines) is 1. The monoisotopic (exact) mass is 342 g/mol. The third kappa shape index (κ3) is 2.98. The van der Waals surface area contributed by atoms with Crippen LogP contribution in [0.25, 0.3) is 0 Å². The van der Waals surface area contributed by atoms with Crippen molar-refractivity contribution in [3.63, 3.8) is 0 Å². The third-order valence-corrected chi connectivity index (χ3v) is 6.30. The molecular formula is C19H22N2O2S. The van der Waals surface area contributed by atoms with E-state index in [9.17, 15) is 4.79 Å². The summed E-state index contributed by atoms with van der Waals surface area (Å²) < 4.78 is 6.05. The molecule has 1 saturated carbocycles. The summed E-state index contributed by atoms with van der Waals surface area (Å²) in [6.07, 6.45) is 7.26. The van der Waals surface area contributed by atoms with Crippen LogP contribution >= 0.6 is 11.3 Å². The van der Waals surface area contributed by atoms with E-state index in [0.717, 1.165) is 30.1 Å². The van der Waals surface area contributed by atoms with Crippen LogP contribution < -0.4 is 0 Å². The number of hydrogen-bond donors (Lipinski definition) is 0. The molecule has 0 bridgehead atoms. The van der Waals surface area contributed by atoms with E-state index in [-0.39, 0.29) is 11.3 Å². The van der Waals surface area contributed by atoms with E-state index in [1.165, 1.54) is 30.6 Å². The Bertz CT molecular complexity index is 689. The molecule has 3 heterocycles. The van der Waals surface area contributed by atoms with Gasteiger partial charge in [0.1, 0.15) is 0 Å². The first kappa shape index (κ1) is 15.8. The van der Waals surface area contributed by atoms with Gasteiger partial charge in [-0.25, -0.2) is 0 Å². The maximum absolute atomic E-state index is 12.7. The highest BCUT2D eigenvalue weighted by Crippen LogP contribution is 2.49. The zero-order valence-corrected chi connectivity index (χ0v) is 14.5. The molecule has 4 nitrogen and oxygen atoms in total. The summed E-state index contributed by atoms with van der Waals surface area (Å²) in [6, 6.07) is 7.85. The maximum atomic E-state index is 12.7. The predicted molar refractivity (Wildman–Crippen MR) is 93.9 cm³/mol. The van der Waals surface area contributed by atoms with E-state index in [2.05, 4.69) is 4.98 Å². The fraction of sp³-hybridized carbons (Fsp3) is 0.474. The molecule has 0 radical (unpaired) electrons. The number of amides is 1. The zero-order chi connectivity index (χ0) is 16.4. The molecule has 2 aromatic heterocycles. The number of thiophene rings is 1. The number of aromatic nitrogens is 1. The minimum atomic E-state index is 0.148. The molecule has 5 heteroatoms. The molecule has 0 N–H and O–H groups in total. The van der Waals surface area contributed by atoms with Crippen LogP contribution in [-0.4, -0.2) is 35.5 Å². The van der Waals surface area contributed by atoms with Crippen molar-refractivity contribution in [2.75, 3.05) is 19.7 Å². The highest BCUT2D eigenvalue weighted by molar-refractivity contribution is 7.12. The summed E-state index contributed by atoms with van der Waals surface area (Å²) in [7, 11) is 0. The van der Waals surface area contributed by atoms with Crippen molar-refractivity contribution in [1.82, 2.24) is 9.88 Å². The van der Waals surface area contributed by atoms with Crippen molar-refractivity contribution in [3.05, 3.63) is 52.5 Å². The molecule has 4 rings (SSSR count). The molecule has 0 spiro atoms. The van der Waals surface area contributed by atoms with Gasteiger partial charge in [-0.15, -0.1) is 11.3 Å². The molecule has 0 aromatic carbocycles. The predicted octanol–water partition coefficient (Wildman–Crippen LogP) is 3.60. The molecule has 2 aliphatic rings. The molecule has 2 fully saturated rings. The van der Waals surface area contributed by atoms with E-state index in [4.69, 9.17) is 4.74 Å². The first-order valence-electron chi connectivity index (χ1n) is 8.56. The van der Waals surface area contributed by atoms with Crippen molar-refractivity contribution in [2.24, 2.45) is 11.3 Å². The fourth-order valence-electron chi connectivity index (χ4n) is 4.22. The molecule has 126 valence electrons. The molecule has 1 saturated heterocycles. The number of carbonyl (C=O) groups excluding carboxylic acids is 1. The van der Waals surface area contributed by atoms with Crippen LogP contribution in [-0.2, 0) is 11.3 Å². The van der Waals surface area contributed by atoms with Gasteiger partial charge >= 0.3 is 0 Å². The molecule has 2 aromatic rings. The van der Waals surface area contributed by atoms with Crippen molar-refractivity contribution >= 4 is 17.2 Å². The molecule has 0 unspecified atom stereocenters. The van der Waals surface area contributed by atoms with Crippen LogP contribution in [0.2, 0.25) is 0 Å². The van der Waals surface area contributed by atoms with Gasteiger partial charge in [-0.3, -0.25) is 9.78 Å². The van der Waals surface area contributed by atoms with E-state index in [0.29, 0.717) is 12.5 Å². The lowest BCUT2D eigenvalue weighted by atomic mass is 9.81. The van der Waals surface area contributed by atoms with Crippen molar-refractivity contribution in [3.8, 4) is 0 Å². The van der Waals surface area contributed by atoms with Gasteiger partial charge in [-0.2, -0.15) is 0 Å². The average Bonchev–Trinajstić information content (AvgIpc) is 3.31. The van der Waals surface area contributed by atoms with Gasteiger partial charge in [0, 0.05) is 30.9 Å². The van der Waals surface area contributed by atoms with E-state index in [1.807, 2.05) is 40.7 Å². The molecule has 1 aliphatic carbocycles. The van der Waals surface area contributed by atoms with Crippen LogP contribution in [0.4, 0.5) is 0 Å². The van der Waals surface area contributed by atoms with Gasteiger partial charge in [-0.05, 0) is 41.8 Å².